The SMILES string of the molecule is COC(=O)C(CN(C)CCS(C)(=O)=O)(NC(C)C)C1CC1. The highest BCUT2D eigenvalue weighted by Gasteiger charge is 2.52. The van der Waals surface area contributed by atoms with Crippen molar-refractivity contribution in [2.75, 3.05) is 39.3 Å². The lowest BCUT2D eigenvalue weighted by atomic mass is 9.91. The van der Waals surface area contributed by atoms with Gasteiger partial charge in [0.1, 0.15) is 15.4 Å². The van der Waals surface area contributed by atoms with Crippen LogP contribution < -0.4 is 5.32 Å². The Morgan fingerprint density at radius 1 is 1.43 bits per heavy atom. The highest BCUT2D eigenvalue weighted by atomic mass is 32.2. The van der Waals surface area contributed by atoms with Crippen LogP contribution in [0.25, 0.3) is 0 Å². The zero-order valence-electron chi connectivity index (χ0n) is 13.7. The van der Waals surface area contributed by atoms with Crippen molar-refractivity contribution in [1.29, 1.82) is 0 Å². The summed E-state index contributed by atoms with van der Waals surface area (Å²) in [4.78, 5) is 14.3. The molecule has 0 bridgehead atoms. The Balaban J connectivity index is 2.83. The highest BCUT2D eigenvalue weighted by molar-refractivity contribution is 7.90. The molecule has 1 N–H and O–H groups in total. The summed E-state index contributed by atoms with van der Waals surface area (Å²) in [6, 6.07) is 0.146. The summed E-state index contributed by atoms with van der Waals surface area (Å²) in [6.45, 7) is 4.86. The van der Waals surface area contributed by atoms with Gasteiger partial charge in [0, 0.05) is 25.4 Å². The van der Waals surface area contributed by atoms with E-state index in [-0.39, 0.29) is 23.7 Å². The monoisotopic (exact) mass is 320 g/mol. The first-order chi connectivity index (χ1) is 9.60. The minimum atomic E-state index is -3.01. The Labute approximate surface area is 128 Å². The van der Waals surface area contributed by atoms with Crippen LogP contribution in [0.15, 0.2) is 0 Å². The lowest BCUT2D eigenvalue weighted by molar-refractivity contribution is -0.151. The van der Waals surface area contributed by atoms with Gasteiger partial charge in [-0.3, -0.25) is 5.32 Å². The Morgan fingerprint density at radius 2 is 2.00 bits per heavy atom. The van der Waals surface area contributed by atoms with Crippen molar-refractivity contribution in [2.24, 2.45) is 5.92 Å². The van der Waals surface area contributed by atoms with E-state index in [9.17, 15) is 13.2 Å². The molecule has 0 aromatic carbocycles. The molecule has 1 aliphatic rings. The van der Waals surface area contributed by atoms with Crippen LogP contribution in [-0.2, 0) is 19.4 Å². The molecule has 6 nitrogen and oxygen atoms in total. The second kappa shape index (κ2) is 7.07. The summed E-state index contributed by atoms with van der Waals surface area (Å²) < 4.78 is 27.6. The van der Waals surface area contributed by atoms with Gasteiger partial charge in [-0.05, 0) is 39.7 Å². The summed E-state index contributed by atoms with van der Waals surface area (Å²) >= 11 is 0. The van der Waals surface area contributed by atoms with Gasteiger partial charge in [-0.25, -0.2) is 13.2 Å². The van der Waals surface area contributed by atoms with Gasteiger partial charge < -0.3 is 9.64 Å². The molecule has 21 heavy (non-hydrogen) atoms. The smallest absolute Gasteiger partial charge is 0.327 e. The van der Waals surface area contributed by atoms with E-state index < -0.39 is 15.4 Å². The maximum absolute atomic E-state index is 12.4. The van der Waals surface area contributed by atoms with Crippen molar-refractivity contribution in [3.63, 3.8) is 0 Å². The van der Waals surface area contributed by atoms with E-state index >= 15 is 0 Å². The number of nitrogens with zero attached hydrogens (tertiary/aromatic N) is 1. The number of hydrogen-bond acceptors (Lipinski definition) is 6. The minimum absolute atomic E-state index is 0.0904. The molecule has 1 saturated carbocycles. The van der Waals surface area contributed by atoms with Gasteiger partial charge >= 0.3 is 5.97 Å². The molecule has 0 amide bonds. The number of carbonyl (C=O) groups is 1. The van der Waals surface area contributed by atoms with Crippen molar-refractivity contribution in [2.45, 2.75) is 38.3 Å². The van der Waals surface area contributed by atoms with Gasteiger partial charge in [-0.2, -0.15) is 0 Å². The molecule has 0 aromatic heterocycles. The molecule has 7 heteroatoms. The van der Waals surface area contributed by atoms with E-state index in [1.165, 1.54) is 13.4 Å². The fraction of sp³-hybridized carbons (Fsp3) is 0.929. The first-order valence-corrected chi connectivity index (χ1v) is 9.39. The maximum Gasteiger partial charge on any atom is 0.327 e. The van der Waals surface area contributed by atoms with E-state index in [0.717, 1.165) is 12.8 Å². The number of methoxy groups -OCH3 is 1. The number of sulfone groups is 1. The molecule has 1 fully saturated rings. The Morgan fingerprint density at radius 3 is 2.38 bits per heavy atom. The predicted molar refractivity (Wildman–Crippen MR) is 83.0 cm³/mol. The highest BCUT2D eigenvalue weighted by Crippen LogP contribution is 2.41. The molecule has 0 aliphatic heterocycles. The van der Waals surface area contributed by atoms with E-state index in [4.69, 9.17) is 4.74 Å². The van der Waals surface area contributed by atoms with Gasteiger partial charge in [0.15, 0.2) is 0 Å². The summed E-state index contributed by atoms with van der Waals surface area (Å²) in [5, 5.41) is 3.37. The second-order valence-electron chi connectivity index (χ2n) is 6.40. The Bertz CT molecular complexity index is 460. The maximum atomic E-state index is 12.4. The number of ether oxygens (including phenoxy) is 1. The van der Waals surface area contributed by atoms with Crippen LogP contribution in [0, 0.1) is 5.92 Å². The van der Waals surface area contributed by atoms with E-state index in [2.05, 4.69) is 5.32 Å². The summed E-state index contributed by atoms with van der Waals surface area (Å²) in [6.07, 6.45) is 3.21. The lowest BCUT2D eigenvalue weighted by Crippen LogP contribution is -2.62. The molecular weight excluding hydrogens is 292 g/mol. The Hall–Kier alpha value is -0.660. The minimum Gasteiger partial charge on any atom is -0.468 e. The fourth-order valence-corrected chi connectivity index (χ4v) is 3.33. The van der Waals surface area contributed by atoms with Crippen molar-refractivity contribution in [3.05, 3.63) is 0 Å². The van der Waals surface area contributed by atoms with E-state index in [0.29, 0.717) is 13.1 Å². The van der Waals surface area contributed by atoms with E-state index in [1.807, 2.05) is 25.8 Å². The number of hydrogen-bond donors (Lipinski definition) is 1. The van der Waals surface area contributed by atoms with Crippen LogP contribution in [0.4, 0.5) is 0 Å². The third-order valence-electron chi connectivity index (χ3n) is 3.73. The molecule has 0 aromatic rings. The zero-order valence-corrected chi connectivity index (χ0v) is 14.5. The summed E-state index contributed by atoms with van der Waals surface area (Å²) in [5.74, 6) is 0.0885. The van der Waals surface area contributed by atoms with Crippen LogP contribution in [-0.4, -0.2) is 70.1 Å². The number of rotatable bonds is 9. The lowest BCUT2D eigenvalue weighted by Gasteiger charge is -2.37. The van der Waals surface area contributed by atoms with Crippen LogP contribution in [0.1, 0.15) is 26.7 Å². The average molecular weight is 320 g/mol. The first-order valence-electron chi connectivity index (χ1n) is 7.33. The molecule has 0 saturated heterocycles. The molecule has 0 spiro atoms. The molecule has 0 heterocycles. The topological polar surface area (TPSA) is 75.7 Å². The third kappa shape index (κ3) is 5.56. The van der Waals surface area contributed by atoms with Gasteiger partial charge in [-0.15, -0.1) is 0 Å². The molecule has 1 atom stereocenters. The average Bonchev–Trinajstić information content (AvgIpc) is 3.17. The second-order valence-corrected chi connectivity index (χ2v) is 8.66. The number of nitrogens with one attached hydrogen (secondary N) is 1. The van der Waals surface area contributed by atoms with Crippen LogP contribution in [0.3, 0.4) is 0 Å². The van der Waals surface area contributed by atoms with Gasteiger partial charge in [-0.1, -0.05) is 0 Å². The molecule has 0 radical (unpaired) electrons. The third-order valence-corrected chi connectivity index (χ3v) is 4.66. The van der Waals surface area contributed by atoms with Gasteiger partial charge in [0.2, 0.25) is 0 Å². The van der Waals surface area contributed by atoms with Crippen molar-refractivity contribution < 1.29 is 17.9 Å². The van der Waals surface area contributed by atoms with Crippen molar-refractivity contribution in [1.82, 2.24) is 10.2 Å². The molecule has 1 aliphatic carbocycles. The molecular formula is C14H28N2O4S. The molecule has 124 valence electrons. The van der Waals surface area contributed by atoms with Crippen molar-refractivity contribution >= 4 is 15.8 Å². The summed E-state index contributed by atoms with van der Waals surface area (Å²) in [5.41, 5.74) is -0.741. The fourth-order valence-electron chi connectivity index (χ4n) is 2.68. The number of esters is 1. The normalized spacial score (nSPS) is 18.8. The van der Waals surface area contributed by atoms with E-state index in [1.54, 1.807) is 0 Å². The zero-order chi connectivity index (χ0) is 16.3. The first kappa shape index (κ1) is 18.4. The van der Waals surface area contributed by atoms with Crippen LogP contribution >= 0.6 is 0 Å². The number of carbonyl (C=O) groups excluding carboxylic acids is 1. The van der Waals surface area contributed by atoms with Gasteiger partial charge in [0.25, 0.3) is 0 Å². The summed E-state index contributed by atoms with van der Waals surface area (Å²) in [7, 11) is 0.235. The predicted octanol–water partition coefficient (Wildman–Crippen LogP) is 0.283. The van der Waals surface area contributed by atoms with Crippen LogP contribution in [0.5, 0.6) is 0 Å². The largest absolute Gasteiger partial charge is 0.468 e. The molecule has 1 rings (SSSR count). The number of likely N-dealkylation sites (N-methyl/N-ethyl adjacent to an activating group) is 1. The van der Waals surface area contributed by atoms with Crippen LogP contribution in [0.2, 0.25) is 0 Å². The van der Waals surface area contributed by atoms with Gasteiger partial charge in [0.05, 0.1) is 12.9 Å². The molecule has 1 unspecified atom stereocenters. The standard InChI is InChI=1S/C14H28N2O4S/c1-11(2)15-14(12-6-7-12,13(17)20-4)10-16(3)8-9-21(5,18)19/h11-12,15H,6-10H2,1-5H3. The Kier molecular flexibility index (Phi) is 6.19. The quantitative estimate of drug-likeness (QED) is 0.615. The van der Waals surface area contributed by atoms with Crippen molar-refractivity contribution in [3.8, 4) is 0 Å².